The summed E-state index contributed by atoms with van der Waals surface area (Å²) in [6.07, 6.45) is -3.33. The molecule has 1 aliphatic rings. The van der Waals surface area contributed by atoms with Gasteiger partial charge in [-0.2, -0.15) is 26.3 Å². The molecule has 0 spiro atoms. The Labute approximate surface area is 213 Å². The van der Waals surface area contributed by atoms with Crippen LogP contribution in [-0.4, -0.2) is 52.1 Å². The first-order valence-electron chi connectivity index (χ1n) is 11.4. The number of nitrogens with one attached hydrogen (secondary N) is 1. The van der Waals surface area contributed by atoms with Crippen LogP contribution in [0.3, 0.4) is 0 Å². The number of rotatable bonds is 5. The summed E-state index contributed by atoms with van der Waals surface area (Å²) >= 11 is 0. The van der Waals surface area contributed by atoms with Gasteiger partial charge in [0.2, 0.25) is 0 Å². The summed E-state index contributed by atoms with van der Waals surface area (Å²) in [4.78, 5) is 28.5. The van der Waals surface area contributed by atoms with Gasteiger partial charge < -0.3 is 19.9 Å². The highest BCUT2D eigenvalue weighted by Crippen LogP contribution is 2.37. The third kappa shape index (κ3) is 6.81. The predicted octanol–water partition coefficient (Wildman–Crippen LogP) is 5.23. The van der Waals surface area contributed by atoms with Crippen molar-refractivity contribution in [3.8, 4) is 5.88 Å². The van der Waals surface area contributed by atoms with E-state index in [1.807, 2.05) is 4.90 Å². The van der Waals surface area contributed by atoms with Crippen LogP contribution in [-0.2, 0) is 19.0 Å². The SMILES string of the molecule is O=C(Nc1cc(C(F)(F)F)cc(C(F)(F)F)c1)N1CCCN(c2nccnc2OCc2ccncc2)CC1. The van der Waals surface area contributed by atoms with E-state index in [0.29, 0.717) is 30.9 Å². The molecule has 0 atom stereocenters. The van der Waals surface area contributed by atoms with Crippen molar-refractivity contribution >= 4 is 17.5 Å². The minimum atomic E-state index is -5.02. The van der Waals surface area contributed by atoms with Crippen LogP contribution in [0, 0.1) is 0 Å². The first-order valence-corrected chi connectivity index (χ1v) is 11.4. The zero-order valence-electron chi connectivity index (χ0n) is 19.8. The van der Waals surface area contributed by atoms with Crippen molar-refractivity contribution in [2.45, 2.75) is 25.4 Å². The van der Waals surface area contributed by atoms with E-state index in [-0.39, 0.29) is 38.2 Å². The predicted molar refractivity (Wildman–Crippen MR) is 124 cm³/mol. The smallest absolute Gasteiger partial charge is 0.416 e. The fraction of sp³-hybridized carbons (Fsp3) is 0.333. The van der Waals surface area contributed by atoms with E-state index in [0.717, 1.165) is 5.56 Å². The van der Waals surface area contributed by atoms with E-state index >= 15 is 0 Å². The number of alkyl halides is 6. The lowest BCUT2D eigenvalue weighted by Crippen LogP contribution is -2.38. The molecule has 2 amide bonds. The van der Waals surface area contributed by atoms with Crippen LogP contribution in [0.15, 0.2) is 55.1 Å². The van der Waals surface area contributed by atoms with Crippen molar-refractivity contribution in [2.75, 3.05) is 36.4 Å². The quantitative estimate of drug-likeness (QED) is 0.447. The minimum absolute atomic E-state index is 0.00863. The maximum absolute atomic E-state index is 13.2. The standard InChI is InChI=1S/C24H22F6N6O2/c25-23(26,27)17-12-18(24(28,29)30)14-19(13-17)34-22(37)36-9-1-8-35(10-11-36)20-21(33-7-6-32-20)38-15-16-2-4-31-5-3-16/h2-7,12-14H,1,8-11,15H2,(H,34,37). The van der Waals surface area contributed by atoms with Crippen LogP contribution in [0.4, 0.5) is 42.6 Å². The summed E-state index contributed by atoms with van der Waals surface area (Å²) in [6.45, 7) is 1.34. The molecule has 3 aromatic rings. The Kier molecular flexibility index (Phi) is 7.88. The average Bonchev–Trinajstić information content (AvgIpc) is 3.13. The van der Waals surface area contributed by atoms with Crippen molar-refractivity contribution in [3.05, 3.63) is 71.8 Å². The molecule has 0 unspecified atom stereocenters. The van der Waals surface area contributed by atoms with Crippen molar-refractivity contribution < 1.29 is 35.9 Å². The molecule has 0 bridgehead atoms. The number of urea groups is 1. The van der Waals surface area contributed by atoms with Crippen molar-refractivity contribution in [1.29, 1.82) is 0 Å². The van der Waals surface area contributed by atoms with Gasteiger partial charge in [-0.3, -0.25) is 4.98 Å². The van der Waals surface area contributed by atoms with Crippen LogP contribution in [0.2, 0.25) is 0 Å². The molecule has 8 nitrogen and oxygen atoms in total. The lowest BCUT2D eigenvalue weighted by Gasteiger charge is -2.24. The first-order chi connectivity index (χ1) is 18.0. The monoisotopic (exact) mass is 540 g/mol. The summed E-state index contributed by atoms with van der Waals surface area (Å²) in [5.41, 5.74) is -2.74. The molecule has 1 fully saturated rings. The number of pyridine rings is 1. The van der Waals surface area contributed by atoms with E-state index < -0.39 is 35.2 Å². The maximum atomic E-state index is 13.2. The molecule has 4 rings (SSSR count). The third-order valence-corrected chi connectivity index (χ3v) is 5.69. The van der Waals surface area contributed by atoms with Gasteiger partial charge in [0, 0.05) is 56.7 Å². The molecule has 38 heavy (non-hydrogen) atoms. The number of carbonyl (C=O) groups is 1. The number of carbonyl (C=O) groups excluding carboxylic acids is 1. The van der Waals surface area contributed by atoms with E-state index in [4.69, 9.17) is 4.74 Å². The number of amides is 2. The van der Waals surface area contributed by atoms with E-state index in [1.54, 1.807) is 24.5 Å². The highest BCUT2D eigenvalue weighted by atomic mass is 19.4. The molecule has 1 N–H and O–H groups in total. The first kappa shape index (κ1) is 26.9. The van der Waals surface area contributed by atoms with E-state index in [9.17, 15) is 31.1 Å². The van der Waals surface area contributed by atoms with Crippen molar-refractivity contribution in [1.82, 2.24) is 19.9 Å². The fourth-order valence-corrected chi connectivity index (χ4v) is 3.83. The van der Waals surface area contributed by atoms with Gasteiger partial charge in [0.05, 0.1) is 11.1 Å². The normalized spacial score (nSPS) is 14.7. The molecule has 1 aromatic carbocycles. The van der Waals surface area contributed by atoms with Crippen molar-refractivity contribution in [2.24, 2.45) is 0 Å². The molecule has 14 heteroatoms. The zero-order chi connectivity index (χ0) is 27.3. The number of anilines is 2. The Morgan fingerprint density at radius 1 is 0.868 bits per heavy atom. The number of nitrogens with zero attached hydrogens (tertiary/aromatic N) is 5. The lowest BCUT2D eigenvalue weighted by molar-refractivity contribution is -0.143. The Hall–Kier alpha value is -4.10. The Balaban J connectivity index is 1.44. The fourth-order valence-electron chi connectivity index (χ4n) is 3.83. The summed E-state index contributed by atoms with van der Waals surface area (Å²) < 4.78 is 84.7. The summed E-state index contributed by atoms with van der Waals surface area (Å²) in [6, 6.07) is 3.73. The second-order valence-corrected chi connectivity index (χ2v) is 8.38. The number of halogens is 6. The topological polar surface area (TPSA) is 83.5 Å². The average molecular weight is 540 g/mol. The molecule has 2 aromatic heterocycles. The van der Waals surface area contributed by atoms with Crippen LogP contribution in [0.1, 0.15) is 23.1 Å². The van der Waals surface area contributed by atoms with Gasteiger partial charge in [-0.1, -0.05) is 0 Å². The maximum Gasteiger partial charge on any atom is 0.416 e. The lowest BCUT2D eigenvalue weighted by atomic mass is 10.1. The highest BCUT2D eigenvalue weighted by molar-refractivity contribution is 5.89. The second-order valence-electron chi connectivity index (χ2n) is 8.38. The van der Waals surface area contributed by atoms with Gasteiger partial charge in [0.1, 0.15) is 6.61 Å². The van der Waals surface area contributed by atoms with Crippen molar-refractivity contribution in [3.63, 3.8) is 0 Å². The van der Waals surface area contributed by atoms with Gasteiger partial charge in [-0.15, -0.1) is 0 Å². The van der Waals surface area contributed by atoms with Crippen LogP contribution >= 0.6 is 0 Å². The molecular weight excluding hydrogens is 518 g/mol. The molecule has 0 aliphatic carbocycles. The number of hydrogen-bond acceptors (Lipinski definition) is 6. The van der Waals surface area contributed by atoms with E-state index in [2.05, 4.69) is 20.3 Å². The van der Waals surface area contributed by atoms with Crippen LogP contribution in [0.5, 0.6) is 5.88 Å². The zero-order valence-corrected chi connectivity index (χ0v) is 19.8. The minimum Gasteiger partial charge on any atom is -0.470 e. The van der Waals surface area contributed by atoms with Gasteiger partial charge in [-0.25, -0.2) is 14.8 Å². The Morgan fingerprint density at radius 3 is 2.18 bits per heavy atom. The van der Waals surface area contributed by atoms with Crippen LogP contribution in [0.25, 0.3) is 0 Å². The number of ether oxygens (including phenoxy) is 1. The number of hydrogen-bond donors (Lipinski definition) is 1. The molecule has 0 radical (unpaired) electrons. The molecule has 1 saturated heterocycles. The third-order valence-electron chi connectivity index (χ3n) is 5.69. The number of aromatic nitrogens is 3. The largest absolute Gasteiger partial charge is 0.470 e. The molecular formula is C24H22F6N6O2. The molecule has 202 valence electrons. The second kappa shape index (κ2) is 11.1. The highest BCUT2D eigenvalue weighted by Gasteiger charge is 2.37. The van der Waals surface area contributed by atoms with Gasteiger partial charge >= 0.3 is 18.4 Å². The summed E-state index contributed by atoms with van der Waals surface area (Å²) in [5, 5.41) is 2.18. The Bertz CT molecular complexity index is 1220. The molecule has 1 aliphatic heterocycles. The molecule has 3 heterocycles. The molecule has 0 saturated carbocycles. The van der Waals surface area contributed by atoms with Gasteiger partial charge in [0.15, 0.2) is 5.82 Å². The Morgan fingerprint density at radius 2 is 1.53 bits per heavy atom. The van der Waals surface area contributed by atoms with Gasteiger partial charge in [-0.05, 0) is 42.3 Å². The van der Waals surface area contributed by atoms with Crippen LogP contribution < -0.4 is 15.0 Å². The summed E-state index contributed by atoms with van der Waals surface area (Å²) in [5.74, 6) is 0.738. The number of benzene rings is 1. The summed E-state index contributed by atoms with van der Waals surface area (Å²) in [7, 11) is 0. The van der Waals surface area contributed by atoms with Gasteiger partial charge in [0.25, 0.3) is 5.88 Å². The van der Waals surface area contributed by atoms with E-state index in [1.165, 1.54) is 17.3 Å².